The van der Waals surface area contributed by atoms with E-state index in [4.69, 9.17) is 5.26 Å². The maximum absolute atomic E-state index is 10.7. The Balaban J connectivity index is 0. The first kappa shape index (κ1) is 16.9. The topological polar surface area (TPSA) is 73.7 Å². The Morgan fingerprint density at radius 2 is 2.07 bits per heavy atom. The minimum atomic E-state index is -0.164. The fourth-order valence-corrected chi connectivity index (χ4v) is 1.48. The van der Waals surface area contributed by atoms with Crippen LogP contribution in [-0.2, 0) is 12.6 Å². The van der Waals surface area contributed by atoms with Crippen LogP contribution in [-0.4, -0.2) is 10.8 Å². The van der Waals surface area contributed by atoms with Crippen LogP contribution in [0.25, 0.3) is 0 Å². The second kappa shape index (κ2) is 8.73. The van der Waals surface area contributed by atoms with Gasteiger partial charge in [-0.2, -0.15) is 0 Å². The zero-order chi connectivity index (χ0) is 10.4. The van der Waals surface area contributed by atoms with Crippen molar-refractivity contribution in [2.24, 2.45) is 0 Å². The standard InChI is InChI=1S/C6H7NO2S.CHNS.K/c1-3-5(4(2)8)10-6(9)7-3;2-1-3;/h1-2H3,(H,7,9);3H;/q;;+1/p-1. The van der Waals surface area contributed by atoms with Crippen LogP contribution in [0.2, 0.25) is 0 Å². The zero-order valence-corrected chi connectivity index (χ0v) is 12.8. The van der Waals surface area contributed by atoms with Gasteiger partial charge in [-0.05, 0) is 6.92 Å². The first-order valence-corrected chi connectivity index (χ1v) is 4.47. The maximum atomic E-state index is 10.7. The van der Waals surface area contributed by atoms with E-state index < -0.39 is 0 Å². The average molecular weight is 254 g/mol. The molecule has 0 aromatic carbocycles. The van der Waals surface area contributed by atoms with Gasteiger partial charge in [0.25, 0.3) is 0 Å². The first-order chi connectivity index (χ1) is 6.02. The number of rotatable bonds is 1. The van der Waals surface area contributed by atoms with Gasteiger partial charge < -0.3 is 17.6 Å². The molecular weight excluding hydrogens is 247 g/mol. The van der Waals surface area contributed by atoms with Crippen LogP contribution in [0.4, 0.5) is 0 Å². The molecule has 0 amide bonds. The number of hydrogen-bond donors (Lipinski definition) is 1. The Morgan fingerprint density at radius 1 is 1.64 bits per heavy atom. The normalized spacial score (nSPS) is 7.50. The fraction of sp³-hybridized carbons (Fsp3) is 0.286. The van der Waals surface area contributed by atoms with E-state index in [0.29, 0.717) is 10.6 Å². The van der Waals surface area contributed by atoms with Gasteiger partial charge in [-0.1, -0.05) is 16.7 Å². The predicted molar refractivity (Wildman–Crippen MR) is 52.7 cm³/mol. The van der Waals surface area contributed by atoms with E-state index >= 15 is 0 Å². The minimum absolute atomic E-state index is 0. The van der Waals surface area contributed by atoms with E-state index in [-0.39, 0.29) is 62.0 Å². The minimum Gasteiger partial charge on any atom is -0.696 e. The van der Waals surface area contributed by atoms with Gasteiger partial charge in [0, 0.05) is 12.6 Å². The third kappa shape index (κ3) is 6.03. The molecule has 0 unspecified atom stereocenters. The number of Topliss-reactive ketones (excluding diaryl/α,β-unsaturated/α-hetero) is 1. The molecule has 1 aromatic heterocycles. The van der Waals surface area contributed by atoms with Gasteiger partial charge in [-0.15, -0.1) is 0 Å². The number of aromatic nitrogens is 1. The molecule has 1 rings (SSSR count). The molecule has 0 radical (unpaired) electrons. The van der Waals surface area contributed by atoms with E-state index in [1.165, 1.54) is 12.3 Å². The molecule has 0 fully saturated rings. The first-order valence-electron chi connectivity index (χ1n) is 3.24. The van der Waals surface area contributed by atoms with Gasteiger partial charge >= 0.3 is 56.3 Å². The second-order valence-corrected chi connectivity index (χ2v) is 3.28. The van der Waals surface area contributed by atoms with Crippen molar-refractivity contribution in [2.75, 3.05) is 0 Å². The Hall–Kier alpha value is 0.446. The Labute approximate surface area is 134 Å². The van der Waals surface area contributed by atoms with Crippen molar-refractivity contribution in [3.63, 3.8) is 0 Å². The molecular formula is C7H7KN2O2S2. The van der Waals surface area contributed by atoms with Gasteiger partial charge in [-0.25, -0.2) is 5.26 Å². The van der Waals surface area contributed by atoms with Crippen LogP contribution in [0.3, 0.4) is 0 Å². The number of thiazole rings is 1. The van der Waals surface area contributed by atoms with Crippen molar-refractivity contribution in [1.82, 2.24) is 4.98 Å². The number of nitriles is 1. The number of carbonyl (C=O) groups excluding carboxylic acids is 1. The molecule has 1 aromatic rings. The largest absolute Gasteiger partial charge is 1.00 e. The number of nitrogens with one attached hydrogen (secondary N) is 1. The summed E-state index contributed by atoms with van der Waals surface area (Å²) in [6.07, 6.45) is 0. The van der Waals surface area contributed by atoms with Gasteiger partial charge in [0.15, 0.2) is 5.78 Å². The number of ketones is 1. The molecule has 70 valence electrons. The summed E-state index contributed by atoms with van der Waals surface area (Å²) in [5.74, 6) is -0.0548. The second-order valence-electron chi connectivity index (χ2n) is 2.12. The van der Waals surface area contributed by atoms with Crippen LogP contribution < -0.4 is 56.3 Å². The SMILES string of the molecule is CC(=O)c1sc(=O)[nH]c1C.N#C[S-].[K+]. The van der Waals surface area contributed by atoms with Crippen LogP contribution >= 0.6 is 11.3 Å². The molecule has 14 heavy (non-hydrogen) atoms. The van der Waals surface area contributed by atoms with Crippen molar-refractivity contribution in [3.8, 4) is 5.40 Å². The van der Waals surface area contributed by atoms with E-state index in [0.717, 1.165) is 11.3 Å². The number of aryl methyl sites for hydroxylation is 1. The Kier molecular flexibility index (Phi) is 10.5. The summed E-state index contributed by atoms with van der Waals surface area (Å²) in [5, 5.41) is 8.47. The molecule has 1 heterocycles. The van der Waals surface area contributed by atoms with Crippen LogP contribution in [0.1, 0.15) is 22.3 Å². The van der Waals surface area contributed by atoms with E-state index in [1.54, 1.807) is 6.92 Å². The average Bonchev–Trinajstić information content (AvgIpc) is 2.31. The van der Waals surface area contributed by atoms with Gasteiger partial charge in [0.05, 0.1) is 4.88 Å². The van der Waals surface area contributed by atoms with E-state index in [1.807, 2.05) is 0 Å². The molecule has 0 aliphatic heterocycles. The zero-order valence-electron chi connectivity index (χ0n) is 8.08. The van der Waals surface area contributed by atoms with Crippen molar-refractivity contribution >= 4 is 29.7 Å². The number of thiocyanates is 1. The Morgan fingerprint density at radius 3 is 2.21 bits per heavy atom. The van der Waals surface area contributed by atoms with Crippen molar-refractivity contribution in [3.05, 3.63) is 20.2 Å². The van der Waals surface area contributed by atoms with Crippen molar-refractivity contribution in [1.29, 1.82) is 5.26 Å². The molecule has 0 aliphatic carbocycles. The van der Waals surface area contributed by atoms with E-state index in [2.05, 4.69) is 17.6 Å². The smallest absolute Gasteiger partial charge is 0.696 e. The van der Waals surface area contributed by atoms with Crippen molar-refractivity contribution < 1.29 is 56.2 Å². The molecule has 7 heteroatoms. The molecule has 0 saturated carbocycles. The number of carbonyl (C=O) groups is 1. The van der Waals surface area contributed by atoms with Crippen LogP contribution in [0, 0.1) is 17.6 Å². The maximum Gasteiger partial charge on any atom is 1.00 e. The molecule has 0 atom stereocenters. The third-order valence-electron chi connectivity index (χ3n) is 1.14. The number of hydrogen-bond acceptors (Lipinski definition) is 5. The molecule has 0 spiro atoms. The van der Waals surface area contributed by atoms with Gasteiger partial charge in [0.2, 0.25) is 0 Å². The fourth-order valence-electron chi connectivity index (χ4n) is 0.741. The summed E-state index contributed by atoms with van der Waals surface area (Å²) in [6.45, 7) is 3.17. The van der Waals surface area contributed by atoms with Crippen molar-refractivity contribution in [2.45, 2.75) is 13.8 Å². The summed E-state index contributed by atoms with van der Waals surface area (Å²) in [4.78, 5) is 24.3. The quantitative estimate of drug-likeness (QED) is 0.271. The summed E-state index contributed by atoms with van der Waals surface area (Å²) >= 11 is 4.66. The van der Waals surface area contributed by atoms with Gasteiger partial charge in [0.1, 0.15) is 0 Å². The molecule has 1 N–H and O–H groups in total. The third-order valence-corrected chi connectivity index (χ3v) is 2.23. The van der Waals surface area contributed by atoms with Gasteiger partial charge in [-0.3, -0.25) is 9.59 Å². The number of aromatic amines is 1. The molecule has 0 saturated heterocycles. The molecule has 0 aliphatic rings. The molecule has 0 bridgehead atoms. The summed E-state index contributed by atoms with van der Waals surface area (Å²) in [7, 11) is 0. The van der Waals surface area contributed by atoms with Crippen LogP contribution in [0.15, 0.2) is 4.79 Å². The van der Waals surface area contributed by atoms with E-state index in [9.17, 15) is 9.59 Å². The summed E-state index contributed by atoms with van der Waals surface area (Å²) in [5.41, 5.74) is 0.669. The number of H-pyrrole nitrogens is 1. The predicted octanol–water partition coefficient (Wildman–Crippen LogP) is -2.03. The summed E-state index contributed by atoms with van der Waals surface area (Å²) < 4.78 is 0. The molecule has 4 nitrogen and oxygen atoms in total. The van der Waals surface area contributed by atoms with Crippen LogP contribution in [0.5, 0.6) is 0 Å². The Bertz CT molecular complexity index is 391. The summed E-state index contributed by atoms with van der Waals surface area (Å²) in [6, 6.07) is 0. The monoisotopic (exact) mass is 254 g/mol. The number of nitrogens with zero attached hydrogens (tertiary/aromatic N) is 1.